The van der Waals surface area contributed by atoms with Gasteiger partial charge in [0.25, 0.3) is 0 Å². The van der Waals surface area contributed by atoms with Gasteiger partial charge in [0, 0.05) is 39.3 Å². The van der Waals surface area contributed by atoms with E-state index in [1.54, 1.807) is 0 Å². The minimum absolute atomic E-state index is 0.180. The first kappa shape index (κ1) is 17.2. The highest BCUT2D eigenvalue weighted by atomic mass is 16.5. The van der Waals surface area contributed by atoms with Crippen molar-refractivity contribution < 1.29 is 14.6 Å². The molecule has 0 saturated carbocycles. The molecule has 0 radical (unpaired) electrons. The maximum absolute atomic E-state index is 10.1. The molecule has 0 spiro atoms. The van der Waals surface area contributed by atoms with Gasteiger partial charge in [-0.1, -0.05) is 12.1 Å². The number of hydrogen-bond acceptors (Lipinski definition) is 6. The Bertz CT molecular complexity index is 563. The van der Waals surface area contributed by atoms with Crippen molar-refractivity contribution in [3.8, 4) is 11.8 Å². The summed E-state index contributed by atoms with van der Waals surface area (Å²) in [5, 5.41) is 19.0. The Kier molecular flexibility index (Phi) is 6.05. The molecule has 2 aliphatic heterocycles. The summed E-state index contributed by atoms with van der Waals surface area (Å²) in [5.74, 6) is 0.964. The standard InChI is InChI=1S/C18H25N3O3/c19-9-16-11-21(12-16)10-15-2-1-3-18(8-15)24-14-17(22)13-20-4-6-23-7-5-20/h1-3,8,16-17,22H,4-7,10-14H2. The number of morpholine rings is 1. The van der Waals surface area contributed by atoms with Crippen LogP contribution in [0.2, 0.25) is 0 Å². The second-order valence-electron chi connectivity index (χ2n) is 6.55. The molecule has 130 valence electrons. The van der Waals surface area contributed by atoms with Crippen molar-refractivity contribution in [3.05, 3.63) is 29.8 Å². The second kappa shape index (κ2) is 8.45. The van der Waals surface area contributed by atoms with Crippen molar-refractivity contribution in [2.24, 2.45) is 5.92 Å². The Morgan fingerprint density at radius 1 is 1.29 bits per heavy atom. The molecule has 2 heterocycles. The summed E-state index contributed by atoms with van der Waals surface area (Å²) >= 11 is 0. The lowest BCUT2D eigenvalue weighted by Crippen LogP contribution is -2.45. The van der Waals surface area contributed by atoms with E-state index in [2.05, 4.69) is 21.9 Å². The van der Waals surface area contributed by atoms with E-state index in [1.807, 2.05) is 18.2 Å². The molecule has 6 nitrogen and oxygen atoms in total. The van der Waals surface area contributed by atoms with Gasteiger partial charge in [0.05, 0.1) is 25.2 Å². The van der Waals surface area contributed by atoms with Crippen molar-refractivity contribution >= 4 is 0 Å². The van der Waals surface area contributed by atoms with Crippen molar-refractivity contribution in [3.63, 3.8) is 0 Å². The monoisotopic (exact) mass is 331 g/mol. The Morgan fingerprint density at radius 3 is 2.83 bits per heavy atom. The molecule has 0 aliphatic carbocycles. The van der Waals surface area contributed by atoms with Crippen molar-refractivity contribution in [2.45, 2.75) is 12.6 Å². The first-order chi connectivity index (χ1) is 11.7. The normalized spacial score (nSPS) is 21.0. The maximum Gasteiger partial charge on any atom is 0.119 e. The van der Waals surface area contributed by atoms with E-state index in [0.29, 0.717) is 13.2 Å². The average molecular weight is 331 g/mol. The highest BCUT2D eigenvalue weighted by Crippen LogP contribution is 2.20. The molecule has 2 aliphatic rings. The van der Waals surface area contributed by atoms with Gasteiger partial charge in [-0.2, -0.15) is 5.26 Å². The van der Waals surface area contributed by atoms with Crippen LogP contribution in [0.1, 0.15) is 5.56 Å². The van der Waals surface area contributed by atoms with Gasteiger partial charge in [0.1, 0.15) is 18.5 Å². The third-order valence-corrected chi connectivity index (χ3v) is 4.46. The number of nitriles is 1. The van der Waals surface area contributed by atoms with E-state index < -0.39 is 6.10 Å². The minimum Gasteiger partial charge on any atom is -0.491 e. The van der Waals surface area contributed by atoms with Crippen LogP contribution in [0.15, 0.2) is 24.3 Å². The molecule has 0 bridgehead atoms. The molecule has 1 aromatic carbocycles. The van der Waals surface area contributed by atoms with E-state index in [4.69, 9.17) is 14.7 Å². The van der Waals surface area contributed by atoms with E-state index in [9.17, 15) is 5.11 Å². The molecule has 2 fully saturated rings. The van der Waals surface area contributed by atoms with E-state index in [1.165, 1.54) is 5.56 Å². The number of hydrogen-bond donors (Lipinski definition) is 1. The van der Waals surface area contributed by atoms with Gasteiger partial charge in [-0.05, 0) is 17.7 Å². The molecule has 1 unspecified atom stereocenters. The summed E-state index contributed by atoms with van der Waals surface area (Å²) in [7, 11) is 0. The zero-order valence-corrected chi connectivity index (χ0v) is 13.9. The zero-order valence-electron chi connectivity index (χ0n) is 13.9. The molecular formula is C18H25N3O3. The van der Waals surface area contributed by atoms with Crippen LogP contribution < -0.4 is 4.74 Å². The van der Waals surface area contributed by atoms with Gasteiger partial charge >= 0.3 is 0 Å². The first-order valence-electron chi connectivity index (χ1n) is 8.55. The summed E-state index contributed by atoms with van der Waals surface area (Å²) < 4.78 is 11.1. The molecule has 0 aromatic heterocycles. The molecule has 1 aromatic rings. The molecule has 24 heavy (non-hydrogen) atoms. The lowest BCUT2D eigenvalue weighted by Gasteiger charge is -2.35. The summed E-state index contributed by atoms with van der Waals surface area (Å²) in [6.07, 6.45) is -0.501. The fraction of sp³-hybridized carbons (Fsp3) is 0.611. The fourth-order valence-electron chi connectivity index (χ4n) is 3.10. The summed E-state index contributed by atoms with van der Waals surface area (Å²) in [6, 6.07) is 10.3. The van der Waals surface area contributed by atoms with Gasteiger partial charge in [-0.15, -0.1) is 0 Å². The molecule has 1 atom stereocenters. The molecule has 2 saturated heterocycles. The van der Waals surface area contributed by atoms with Crippen LogP contribution in [0.5, 0.6) is 5.75 Å². The Balaban J connectivity index is 1.41. The lowest BCUT2D eigenvalue weighted by molar-refractivity contribution is 0.00464. The Morgan fingerprint density at radius 2 is 2.08 bits per heavy atom. The predicted molar refractivity (Wildman–Crippen MR) is 89.6 cm³/mol. The van der Waals surface area contributed by atoms with E-state index in [-0.39, 0.29) is 5.92 Å². The maximum atomic E-state index is 10.1. The van der Waals surface area contributed by atoms with Gasteiger partial charge in [-0.25, -0.2) is 0 Å². The van der Waals surface area contributed by atoms with Crippen LogP contribution in [0.25, 0.3) is 0 Å². The quantitative estimate of drug-likeness (QED) is 0.794. The lowest BCUT2D eigenvalue weighted by atomic mass is 10.0. The van der Waals surface area contributed by atoms with Crippen LogP contribution in [0.3, 0.4) is 0 Å². The van der Waals surface area contributed by atoms with Gasteiger partial charge in [0.2, 0.25) is 0 Å². The Labute approximate surface area is 143 Å². The largest absolute Gasteiger partial charge is 0.491 e. The number of nitrogens with zero attached hydrogens (tertiary/aromatic N) is 3. The number of ether oxygens (including phenoxy) is 2. The van der Waals surface area contributed by atoms with Crippen LogP contribution in [0, 0.1) is 17.2 Å². The number of β-amino-alcohol motifs (C(OH)–C–C–N with tert-alkyl or cyclic N) is 1. The summed E-state index contributed by atoms with van der Waals surface area (Å²) in [6.45, 7) is 6.65. The smallest absolute Gasteiger partial charge is 0.119 e. The first-order valence-corrected chi connectivity index (χ1v) is 8.55. The van der Waals surface area contributed by atoms with Crippen LogP contribution in [-0.4, -0.2) is 73.6 Å². The van der Waals surface area contributed by atoms with Gasteiger partial charge in [0.15, 0.2) is 0 Å². The molecular weight excluding hydrogens is 306 g/mol. The second-order valence-corrected chi connectivity index (χ2v) is 6.55. The van der Waals surface area contributed by atoms with Crippen LogP contribution >= 0.6 is 0 Å². The third kappa shape index (κ3) is 4.92. The molecule has 3 rings (SSSR count). The number of aliphatic hydroxyl groups excluding tert-OH is 1. The zero-order chi connectivity index (χ0) is 16.8. The highest BCUT2D eigenvalue weighted by Gasteiger charge is 2.26. The van der Waals surface area contributed by atoms with E-state index in [0.717, 1.165) is 51.7 Å². The van der Waals surface area contributed by atoms with E-state index >= 15 is 0 Å². The van der Waals surface area contributed by atoms with Crippen LogP contribution in [-0.2, 0) is 11.3 Å². The Hall–Kier alpha value is -1.65. The van der Waals surface area contributed by atoms with Crippen molar-refractivity contribution in [1.82, 2.24) is 9.80 Å². The third-order valence-electron chi connectivity index (χ3n) is 4.46. The average Bonchev–Trinajstić information content (AvgIpc) is 2.57. The number of likely N-dealkylation sites (tertiary alicyclic amines) is 1. The topological polar surface area (TPSA) is 69.0 Å². The highest BCUT2D eigenvalue weighted by molar-refractivity contribution is 5.28. The van der Waals surface area contributed by atoms with Gasteiger partial charge < -0.3 is 14.6 Å². The minimum atomic E-state index is -0.501. The molecule has 1 N–H and O–H groups in total. The summed E-state index contributed by atoms with van der Waals surface area (Å²) in [4.78, 5) is 4.45. The summed E-state index contributed by atoms with van der Waals surface area (Å²) in [5.41, 5.74) is 1.17. The SMILES string of the molecule is N#CC1CN(Cc2cccc(OCC(O)CN3CCOCC3)c2)C1. The molecule has 0 amide bonds. The number of aliphatic hydroxyl groups is 1. The van der Waals surface area contributed by atoms with Crippen LogP contribution in [0.4, 0.5) is 0 Å². The van der Waals surface area contributed by atoms with Crippen molar-refractivity contribution in [1.29, 1.82) is 5.26 Å². The van der Waals surface area contributed by atoms with Crippen molar-refractivity contribution in [2.75, 3.05) is 52.5 Å². The molecule has 6 heteroatoms. The predicted octanol–water partition coefficient (Wildman–Crippen LogP) is 0.714. The fourth-order valence-corrected chi connectivity index (χ4v) is 3.10. The number of rotatable bonds is 7. The number of benzene rings is 1. The van der Waals surface area contributed by atoms with Gasteiger partial charge in [-0.3, -0.25) is 9.80 Å².